The molecule has 0 amide bonds. The summed E-state index contributed by atoms with van der Waals surface area (Å²) in [6.45, 7) is 4.68. The molecule has 1 heterocycles. The molecule has 2 aromatic rings. The molecule has 0 bridgehead atoms. The first-order valence-electron chi connectivity index (χ1n) is 6.66. The van der Waals surface area contributed by atoms with Crippen LogP contribution in [0.1, 0.15) is 0 Å². The molecule has 2 nitrogen and oxygen atoms in total. The Hall–Kier alpha value is -1.80. The molecule has 0 aliphatic carbocycles. The molecule has 0 aromatic heterocycles. The van der Waals surface area contributed by atoms with Gasteiger partial charge in [-0.2, -0.15) is 0 Å². The Labute approximate surface area is 108 Å². The van der Waals surface area contributed by atoms with Gasteiger partial charge in [0.05, 0.1) is 26.2 Å². The fourth-order valence-corrected chi connectivity index (χ4v) is 2.60. The zero-order valence-corrected chi connectivity index (χ0v) is 10.5. The van der Waals surface area contributed by atoms with Gasteiger partial charge in [-0.3, -0.25) is 0 Å². The SMILES string of the molecule is c1ccc(-c2ccccc2N2CC[NH2+]CC2)cc1. The van der Waals surface area contributed by atoms with E-state index >= 15 is 0 Å². The van der Waals surface area contributed by atoms with Crippen LogP contribution in [-0.2, 0) is 0 Å². The van der Waals surface area contributed by atoms with Crippen LogP contribution in [0.3, 0.4) is 0 Å². The minimum absolute atomic E-state index is 1.14. The number of hydrogen-bond donors (Lipinski definition) is 1. The molecular formula is C16H19N2+. The molecule has 92 valence electrons. The van der Waals surface area contributed by atoms with Gasteiger partial charge < -0.3 is 10.2 Å². The average Bonchev–Trinajstić information content (AvgIpc) is 2.49. The molecule has 18 heavy (non-hydrogen) atoms. The molecule has 2 aromatic carbocycles. The summed E-state index contributed by atoms with van der Waals surface area (Å²) in [7, 11) is 0. The van der Waals surface area contributed by atoms with Crippen molar-refractivity contribution in [2.45, 2.75) is 0 Å². The van der Waals surface area contributed by atoms with E-state index in [1.807, 2.05) is 0 Å². The third-order valence-electron chi connectivity index (χ3n) is 3.54. The molecule has 0 spiro atoms. The first kappa shape index (κ1) is 11.3. The Kier molecular flexibility index (Phi) is 3.29. The lowest BCUT2D eigenvalue weighted by Crippen LogP contribution is -2.89. The number of nitrogens with two attached hydrogens (primary N) is 1. The Bertz CT molecular complexity index is 502. The van der Waals surface area contributed by atoms with E-state index in [1.165, 1.54) is 29.9 Å². The fourth-order valence-electron chi connectivity index (χ4n) is 2.60. The van der Waals surface area contributed by atoms with E-state index in [9.17, 15) is 0 Å². The number of benzene rings is 2. The van der Waals surface area contributed by atoms with Gasteiger partial charge in [0.1, 0.15) is 0 Å². The van der Waals surface area contributed by atoms with Crippen molar-refractivity contribution in [3.05, 3.63) is 54.6 Å². The second kappa shape index (κ2) is 5.23. The summed E-state index contributed by atoms with van der Waals surface area (Å²) in [5.74, 6) is 0. The van der Waals surface area contributed by atoms with Gasteiger partial charge in [0.15, 0.2) is 0 Å². The van der Waals surface area contributed by atoms with E-state index in [4.69, 9.17) is 0 Å². The average molecular weight is 239 g/mol. The smallest absolute Gasteiger partial charge is 0.0934 e. The summed E-state index contributed by atoms with van der Waals surface area (Å²) >= 11 is 0. The molecule has 2 heteroatoms. The van der Waals surface area contributed by atoms with Crippen LogP contribution in [0.4, 0.5) is 5.69 Å². The molecule has 0 atom stereocenters. The summed E-state index contributed by atoms with van der Waals surface area (Å²) < 4.78 is 0. The van der Waals surface area contributed by atoms with Crippen molar-refractivity contribution in [3.8, 4) is 11.1 Å². The van der Waals surface area contributed by atoms with Gasteiger partial charge in [0, 0.05) is 11.3 Å². The highest BCUT2D eigenvalue weighted by atomic mass is 15.2. The van der Waals surface area contributed by atoms with Crippen LogP contribution in [0.15, 0.2) is 54.6 Å². The van der Waals surface area contributed by atoms with Crippen molar-refractivity contribution in [2.24, 2.45) is 0 Å². The summed E-state index contributed by atoms with van der Waals surface area (Å²) in [4.78, 5) is 2.50. The molecule has 1 fully saturated rings. The molecule has 3 rings (SSSR count). The molecule has 1 aliphatic heterocycles. The zero-order valence-electron chi connectivity index (χ0n) is 10.5. The molecule has 2 N–H and O–H groups in total. The molecule has 1 aliphatic rings. The first-order chi connectivity index (χ1) is 8.95. The first-order valence-corrected chi connectivity index (χ1v) is 6.66. The Morgan fingerprint density at radius 3 is 2.22 bits per heavy atom. The molecule has 0 radical (unpaired) electrons. The van der Waals surface area contributed by atoms with E-state index < -0.39 is 0 Å². The topological polar surface area (TPSA) is 19.9 Å². The third kappa shape index (κ3) is 2.24. The molecule has 0 unspecified atom stereocenters. The quantitative estimate of drug-likeness (QED) is 0.846. The highest BCUT2D eigenvalue weighted by Crippen LogP contribution is 2.30. The monoisotopic (exact) mass is 239 g/mol. The maximum absolute atomic E-state index is 2.50. The van der Waals surface area contributed by atoms with Crippen molar-refractivity contribution < 1.29 is 5.32 Å². The van der Waals surface area contributed by atoms with Crippen LogP contribution in [0.2, 0.25) is 0 Å². The Morgan fingerprint density at radius 2 is 1.44 bits per heavy atom. The fraction of sp³-hybridized carbons (Fsp3) is 0.250. The lowest BCUT2D eigenvalue weighted by molar-refractivity contribution is -0.655. The highest BCUT2D eigenvalue weighted by Gasteiger charge is 2.15. The second-order valence-electron chi connectivity index (χ2n) is 4.74. The van der Waals surface area contributed by atoms with Crippen molar-refractivity contribution in [3.63, 3.8) is 0 Å². The number of nitrogens with zero attached hydrogens (tertiary/aromatic N) is 1. The van der Waals surface area contributed by atoms with Gasteiger partial charge in [-0.25, -0.2) is 0 Å². The number of para-hydroxylation sites is 1. The van der Waals surface area contributed by atoms with Gasteiger partial charge in [0.25, 0.3) is 0 Å². The van der Waals surface area contributed by atoms with Crippen molar-refractivity contribution in [1.29, 1.82) is 0 Å². The van der Waals surface area contributed by atoms with Crippen LogP contribution in [0.5, 0.6) is 0 Å². The number of quaternary nitrogens is 1. The van der Waals surface area contributed by atoms with E-state index in [0.717, 1.165) is 13.1 Å². The second-order valence-corrected chi connectivity index (χ2v) is 4.74. The third-order valence-corrected chi connectivity index (χ3v) is 3.54. The van der Waals surface area contributed by atoms with Gasteiger partial charge >= 0.3 is 0 Å². The summed E-state index contributed by atoms with van der Waals surface area (Å²) in [5.41, 5.74) is 4.03. The van der Waals surface area contributed by atoms with Crippen LogP contribution >= 0.6 is 0 Å². The molecular weight excluding hydrogens is 220 g/mol. The van der Waals surface area contributed by atoms with Gasteiger partial charge in [-0.15, -0.1) is 0 Å². The lowest BCUT2D eigenvalue weighted by Gasteiger charge is -2.29. The van der Waals surface area contributed by atoms with E-state index in [2.05, 4.69) is 64.8 Å². The summed E-state index contributed by atoms with van der Waals surface area (Å²) in [5, 5.41) is 2.39. The number of hydrogen-bond acceptors (Lipinski definition) is 1. The predicted octanol–water partition coefficient (Wildman–Crippen LogP) is 1.74. The number of anilines is 1. The van der Waals surface area contributed by atoms with Crippen molar-refractivity contribution in [1.82, 2.24) is 0 Å². The van der Waals surface area contributed by atoms with Crippen LogP contribution in [-0.4, -0.2) is 26.2 Å². The molecule has 1 saturated heterocycles. The Balaban J connectivity index is 1.99. The highest BCUT2D eigenvalue weighted by molar-refractivity contribution is 5.78. The van der Waals surface area contributed by atoms with Crippen molar-refractivity contribution >= 4 is 5.69 Å². The van der Waals surface area contributed by atoms with E-state index in [-0.39, 0.29) is 0 Å². The largest absolute Gasteiger partial charge is 0.360 e. The van der Waals surface area contributed by atoms with E-state index in [1.54, 1.807) is 0 Å². The number of piperazine rings is 1. The maximum Gasteiger partial charge on any atom is 0.0934 e. The normalized spacial score (nSPS) is 15.7. The van der Waals surface area contributed by atoms with Gasteiger partial charge in [-0.05, 0) is 11.6 Å². The van der Waals surface area contributed by atoms with Crippen LogP contribution in [0, 0.1) is 0 Å². The lowest BCUT2D eigenvalue weighted by atomic mass is 10.0. The van der Waals surface area contributed by atoms with Crippen LogP contribution in [0.25, 0.3) is 11.1 Å². The van der Waals surface area contributed by atoms with Crippen LogP contribution < -0.4 is 10.2 Å². The van der Waals surface area contributed by atoms with E-state index in [0.29, 0.717) is 0 Å². The predicted molar refractivity (Wildman–Crippen MR) is 75.8 cm³/mol. The van der Waals surface area contributed by atoms with Crippen molar-refractivity contribution in [2.75, 3.05) is 31.1 Å². The Morgan fingerprint density at radius 1 is 0.778 bits per heavy atom. The standard InChI is InChI=1S/C16H18N2/c1-2-6-14(7-3-1)15-8-4-5-9-16(15)18-12-10-17-11-13-18/h1-9,17H,10-13H2/p+1. The summed E-state index contributed by atoms with van der Waals surface area (Å²) in [6, 6.07) is 19.4. The minimum atomic E-state index is 1.14. The van der Waals surface area contributed by atoms with Gasteiger partial charge in [-0.1, -0.05) is 48.5 Å². The zero-order chi connectivity index (χ0) is 12.2. The maximum atomic E-state index is 2.50. The number of rotatable bonds is 2. The van der Waals surface area contributed by atoms with Gasteiger partial charge in [0.2, 0.25) is 0 Å². The minimum Gasteiger partial charge on any atom is -0.360 e. The summed E-state index contributed by atoms with van der Waals surface area (Å²) in [6.07, 6.45) is 0. The molecule has 0 saturated carbocycles.